The second-order valence-electron chi connectivity index (χ2n) is 11.4. The van der Waals surface area contributed by atoms with Gasteiger partial charge in [-0.25, -0.2) is 0 Å². The third-order valence-corrected chi connectivity index (χ3v) is 10.1. The van der Waals surface area contributed by atoms with Gasteiger partial charge in [-0.15, -0.1) is 0 Å². The van der Waals surface area contributed by atoms with Crippen molar-refractivity contribution in [2.45, 2.75) is 88.5 Å². The Morgan fingerprint density at radius 1 is 1.19 bits per heavy atom. The van der Waals surface area contributed by atoms with Crippen LogP contribution in [0.2, 0.25) is 0 Å². The van der Waals surface area contributed by atoms with E-state index in [1.165, 1.54) is 35.1 Å². The highest BCUT2D eigenvalue weighted by Gasteiger charge is 2.66. The van der Waals surface area contributed by atoms with Gasteiger partial charge in [0.2, 0.25) is 0 Å². The summed E-state index contributed by atoms with van der Waals surface area (Å²) in [6.07, 6.45) is 18.6. The fourth-order valence-corrected chi connectivity index (χ4v) is 8.57. The summed E-state index contributed by atoms with van der Waals surface area (Å²) in [6, 6.07) is 2.80. The molecule has 5 heteroatoms. The number of pyridine rings is 1. The molecule has 1 N–H and O–H groups in total. The summed E-state index contributed by atoms with van der Waals surface area (Å²) >= 11 is 0. The molecule has 0 amide bonds. The van der Waals surface area contributed by atoms with E-state index in [0.717, 1.165) is 63.7 Å². The molecule has 7 rings (SSSR count). The number of hydrogen-bond acceptors (Lipinski definition) is 5. The van der Waals surface area contributed by atoms with Crippen LogP contribution >= 0.6 is 0 Å². The van der Waals surface area contributed by atoms with Gasteiger partial charge in [0.15, 0.2) is 0 Å². The molecule has 6 aliphatic rings. The van der Waals surface area contributed by atoms with E-state index in [4.69, 9.17) is 4.74 Å². The molecule has 5 nitrogen and oxygen atoms in total. The molecular weight excluding hydrogens is 398 g/mol. The summed E-state index contributed by atoms with van der Waals surface area (Å²) < 4.78 is 7.23. The number of fused-ring (bicyclic) bond motifs is 2. The van der Waals surface area contributed by atoms with Crippen molar-refractivity contribution < 1.29 is 9.94 Å². The molecular formula is C27H33N3O2. The normalized spacial score (nSPS) is 43.7. The second kappa shape index (κ2) is 6.54. The molecule has 0 aromatic carbocycles. The van der Waals surface area contributed by atoms with Crippen LogP contribution in [0.3, 0.4) is 0 Å². The van der Waals surface area contributed by atoms with Crippen molar-refractivity contribution in [3.63, 3.8) is 0 Å². The summed E-state index contributed by atoms with van der Waals surface area (Å²) in [5.41, 5.74) is 6.59. The zero-order valence-electron chi connectivity index (χ0n) is 19.0. The highest BCUT2D eigenvalue weighted by molar-refractivity contribution is 5.87. The van der Waals surface area contributed by atoms with Gasteiger partial charge in [-0.05, 0) is 91.0 Å². The van der Waals surface area contributed by atoms with Crippen LogP contribution < -0.4 is 0 Å². The van der Waals surface area contributed by atoms with E-state index >= 15 is 0 Å². The monoisotopic (exact) mass is 431 g/mol. The first kappa shape index (κ1) is 19.5. The molecule has 32 heavy (non-hydrogen) atoms. The van der Waals surface area contributed by atoms with Gasteiger partial charge in [0.1, 0.15) is 0 Å². The summed E-state index contributed by atoms with van der Waals surface area (Å²) in [6.45, 7) is 4.73. The van der Waals surface area contributed by atoms with E-state index in [2.05, 4.69) is 46.4 Å². The Morgan fingerprint density at radius 3 is 3.03 bits per heavy atom. The lowest BCUT2D eigenvalue weighted by molar-refractivity contribution is -0.132. The summed E-state index contributed by atoms with van der Waals surface area (Å²) in [5, 5.41) is 13.1. The van der Waals surface area contributed by atoms with Gasteiger partial charge < -0.3 is 9.94 Å². The first-order valence-electron chi connectivity index (χ1n) is 12.5. The van der Waals surface area contributed by atoms with Crippen molar-refractivity contribution in [3.05, 3.63) is 52.9 Å². The Balaban J connectivity index is 1.23. The molecule has 3 aliphatic carbocycles. The minimum Gasteiger partial charge on any atom is -0.411 e. The average Bonchev–Trinajstić information content (AvgIpc) is 3.33. The van der Waals surface area contributed by atoms with E-state index in [0.29, 0.717) is 12.0 Å². The largest absolute Gasteiger partial charge is 0.411 e. The van der Waals surface area contributed by atoms with Crippen LogP contribution in [0.1, 0.15) is 69.4 Å². The maximum absolute atomic E-state index is 9.47. The van der Waals surface area contributed by atoms with E-state index < -0.39 is 0 Å². The average molecular weight is 432 g/mol. The minimum absolute atomic E-state index is 0.140. The van der Waals surface area contributed by atoms with Gasteiger partial charge in [0.25, 0.3) is 0 Å². The zero-order chi connectivity index (χ0) is 21.6. The topological polar surface area (TPSA) is 58.0 Å². The molecule has 3 fully saturated rings. The molecule has 1 saturated heterocycles. The van der Waals surface area contributed by atoms with Gasteiger partial charge in [-0.2, -0.15) is 0 Å². The predicted molar refractivity (Wildman–Crippen MR) is 123 cm³/mol. The number of allylic oxidation sites excluding steroid dienone is 1. The lowest BCUT2D eigenvalue weighted by Gasteiger charge is -2.55. The third-order valence-electron chi connectivity index (χ3n) is 10.1. The van der Waals surface area contributed by atoms with E-state index in [1.54, 1.807) is 0 Å². The molecule has 5 atom stereocenters. The van der Waals surface area contributed by atoms with Crippen molar-refractivity contribution in [2.75, 3.05) is 6.54 Å². The van der Waals surface area contributed by atoms with Crippen molar-refractivity contribution >= 4 is 5.71 Å². The molecule has 2 spiro atoms. The fourth-order valence-electron chi connectivity index (χ4n) is 8.57. The van der Waals surface area contributed by atoms with Crippen LogP contribution in [-0.2, 0) is 17.7 Å². The van der Waals surface area contributed by atoms with Gasteiger partial charge in [0.05, 0.1) is 16.9 Å². The van der Waals surface area contributed by atoms with Gasteiger partial charge in [-0.1, -0.05) is 24.2 Å². The molecule has 0 radical (unpaired) electrons. The summed E-state index contributed by atoms with van der Waals surface area (Å²) in [7, 11) is 0. The predicted octanol–water partition coefficient (Wildman–Crippen LogP) is 4.80. The number of ether oxygens (including phenoxy) is 1. The maximum atomic E-state index is 9.47. The Bertz CT molecular complexity index is 1080. The Kier molecular flexibility index (Phi) is 3.98. The number of nitrogens with zero attached hydrogens (tertiary/aromatic N) is 3. The SMILES string of the molecule is C[C@]12CC=C3C=C4CCC(=NO)C[C@]45CC[C@]3(O5)[C@@H]1CC[C@@H]2N1CCc2ccncc2C1. The second-order valence-corrected chi connectivity index (χ2v) is 11.4. The van der Waals surface area contributed by atoms with Crippen molar-refractivity contribution in [2.24, 2.45) is 16.5 Å². The number of oxime groups is 1. The van der Waals surface area contributed by atoms with Crippen LogP contribution in [0, 0.1) is 11.3 Å². The van der Waals surface area contributed by atoms with E-state index in [9.17, 15) is 5.21 Å². The van der Waals surface area contributed by atoms with Crippen LogP contribution in [-0.4, -0.2) is 44.6 Å². The fraction of sp³-hybridized carbons (Fsp3) is 0.630. The molecule has 168 valence electrons. The standard InChI is InChI=1S/C27H33N3O2/c1-25-9-6-21-14-20-2-3-22(29-31)15-26(20)10-11-27(21,32-26)23(25)4-5-24(25)30-13-8-18-7-12-28-16-19(18)17-30/h6-7,12,14,16,23-24,31H,2-5,8-11,13,15,17H2,1H3/t23-,24+,25+,26-,27-/m1/s1. The van der Waals surface area contributed by atoms with Crippen LogP contribution in [0.5, 0.6) is 0 Å². The molecule has 2 saturated carbocycles. The maximum Gasteiger partial charge on any atom is 0.0975 e. The lowest BCUT2D eigenvalue weighted by Crippen LogP contribution is -2.57. The lowest BCUT2D eigenvalue weighted by atomic mass is 9.60. The quantitative estimate of drug-likeness (QED) is 0.513. The Hall–Kier alpha value is -1.98. The van der Waals surface area contributed by atoms with Crippen molar-refractivity contribution in [3.8, 4) is 0 Å². The van der Waals surface area contributed by atoms with Crippen molar-refractivity contribution in [1.29, 1.82) is 0 Å². The highest BCUT2D eigenvalue weighted by Crippen LogP contribution is 2.66. The zero-order valence-corrected chi connectivity index (χ0v) is 19.0. The van der Waals surface area contributed by atoms with E-state index in [1.807, 2.05) is 6.20 Å². The third kappa shape index (κ3) is 2.42. The molecule has 3 aliphatic heterocycles. The summed E-state index contributed by atoms with van der Waals surface area (Å²) in [5.74, 6) is 0.559. The smallest absolute Gasteiger partial charge is 0.0975 e. The molecule has 0 unspecified atom stereocenters. The van der Waals surface area contributed by atoms with Crippen LogP contribution in [0.15, 0.2) is 46.9 Å². The summed E-state index contributed by atoms with van der Waals surface area (Å²) in [4.78, 5) is 7.16. The van der Waals surface area contributed by atoms with Crippen LogP contribution in [0.4, 0.5) is 0 Å². The van der Waals surface area contributed by atoms with Gasteiger partial charge >= 0.3 is 0 Å². The van der Waals surface area contributed by atoms with Gasteiger partial charge in [-0.3, -0.25) is 9.88 Å². The molecule has 1 aromatic rings. The first-order valence-corrected chi connectivity index (χ1v) is 12.5. The molecule has 4 heterocycles. The Morgan fingerprint density at radius 2 is 2.12 bits per heavy atom. The minimum atomic E-state index is -0.219. The van der Waals surface area contributed by atoms with E-state index in [-0.39, 0.29) is 16.6 Å². The first-order chi connectivity index (χ1) is 15.6. The molecule has 1 aromatic heterocycles. The Labute approximate surface area is 190 Å². The number of rotatable bonds is 1. The highest BCUT2D eigenvalue weighted by atomic mass is 16.5. The number of hydrogen-bond donors (Lipinski definition) is 1. The van der Waals surface area contributed by atoms with Gasteiger partial charge in [0, 0.05) is 37.9 Å². The number of aromatic nitrogens is 1. The van der Waals surface area contributed by atoms with Crippen LogP contribution in [0.25, 0.3) is 0 Å². The molecule has 2 bridgehead atoms. The van der Waals surface area contributed by atoms with Crippen molar-refractivity contribution in [1.82, 2.24) is 9.88 Å².